The number of fused-ring (bicyclic) bond motifs is 2. The summed E-state index contributed by atoms with van der Waals surface area (Å²) < 4.78 is 38.5. The van der Waals surface area contributed by atoms with Crippen LogP contribution < -0.4 is 5.56 Å². The number of pyridine rings is 1. The predicted octanol–water partition coefficient (Wildman–Crippen LogP) is 5.52. The number of nitrogens with zero attached hydrogens (tertiary/aromatic N) is 3. The fourth-order valence-electron chi connectivity index (χ4n) is 4.22. The van der Waals surface area contributed by atoms with E-state index in [2.05, 4.69) is 19.9 Å². The first-order valence-corrected chi connectivity index (χ1v) is 11.1. The van der Waals surface area contributed by atoms with Crippen LogP contribution in [0.5, 0.6) is 0 Å². The van der Waals surface area contributed by atoms with Gasteiger partial charge in [0.2, 0.25) is 0 Å². The maximum absolute atomic E-state index is 12.8. The second kappa shape index (κ2) is 8.52. The van der Waals surface area contributed by atoms with Gasteiger partial charge in [0.1, 0.15) is 11.0 Å². The van der Waals surface area contributed by atoms with Crippen molar-refractivity contribution in [3.05, 3.63) is 92.0 Å². The highest BCUT2D eigenvalue weighted by Crippen LogP contribution is 2.30. The average molecular weight is 485 g/mol. The summed E-state index contributed by atoms with van der Waals surface area (Å²) in [5, 5.41) is 1.44. The zero-order chi connectivity index (χ0) is 24.0. The third-order valence-electron chi connectivity index (χ3n) is 6.03. The van der Waals surface area contributed by atoms with Gasteiger partial charge in [0.05, 0.1) is 22.3 Å². The smallest absolute Gasteiger partial charge is 0.306 e. The minimum atomic E-state index is -4.42. The van der Waals surface area contributed by atoms with E-state index in [4.69, 9.17) is 11.6 Å². The monoisotopic (exact) mass is 484 g/mol. The molecule has 5 nitrogen and oxygen atoms in total. The van der Waals surface area contributed by atoms with Crippen LogP contribution in [0.25, 0.3) is 22.3 Å². The molecule has 0 amide bonds. The lowest BCUT2D eigenvalue weighted by Gasteiger charge is -2.28. The molecule has 1 aliphatic rings. The van der Waals surface area contributed by atoms with E-state index in [9.17, 15) is 18.0 Å². The van der Waals surface area contributed by atoms with E-state index in [-0.39, 0.29) is 11.4 Å². The molecular formula is C25H20ClF3N4O. The fourth-order valence-corrected chi connectivity index (χ4v) is 4.42. The lowest BCUT2D eigenvalue weighted by molar-refractivity contribution is -0.137. The maximum atomic E-state index is 12.8. The summed E-state index contributed by atoms with van der Waals surface area (Å²) >= 11 is 6.45. The Morgan fingerprint density at radius 2 is 1.85 bits per heavy atom. The van der Waals surface area contributed by atoms with Gasteiger partial charge in [-0.3, -0.25) is 9.69 Å². The van der Waals surface area contributed by atoms with Crippen LogP contribution in [0, 0.1) is 6.92 Å². The van der Waals surface area contributed by atoms with Gasteiger partial charge in [-0.2, -0.15) is 13.2 Å². The van der Waals surface area contributed by atoms with Crippen molar-refractivity contribution in [3.63, 3.8) is 0 Å². The minimum absolute atomic E-state index is 0.267. The molecule has 0 saturated carbocycles. The van der Waals surface area contributed by atoms with Crippen LogP contribution in [0.3, 0.4) is 0 Å². The first-order chi connectivity index (χ1) is 16.2. The molecule has 1 N–H and O–H groups in total. The second-order valence-corrected chi connectivity index (χ2v) is 8.87. The van der Waals surface area contributed by atoms with Crippen molar-refractivity contribution in [2.24, 2.45) is 0 Å². The SMILES string of the molecule is Cc1ccc2cc(CN3CCc4nc(-c5ccc(C(F)(F)F)cc5)[nH]c(=O)c4C3)c(Cl)nc2c1. The Morgan fingerprint density at radius 3 is 2.59 bits per heavy atom. The molecule has 3 heterocycles. The van der Waals surface area contributed by atoms with Crippen molar-refractivity contribution in [2.75, 3.05) is 6.54 Å². The molecular weight excluding hydrogens is 465 g/mol. The number of halogens is 4. The quantitative estimate of drug-likeness (QED) is 0.389. The van der Waals surface area contributed by atoms with Crippen LogP contribution >= 0.6 is 11.6 Å². The largest absolute Gasteiger partial charge is 0.416 e. The van der Waals surface area contributed by atoms with Crippen molar-refractivity contribution in [3.8, 4) is 11.4 Å². The number of hydrogen-bond acceptors (Lipinski definition) is 4. The minimum Gasteiger partial charge on any atom is -0.306 e. The summed E-state index contributed by atoms with van der Waals surface area (Å²) in [6.45, 7) is 3.60. The van der Waals surface area contributed by atoms with E-state index in [1.54, 1.807) is 0 Å². The Morgan fingerprint density at radius 1 is 1.09 bits per heavy atom. The molecule has 2 aromatic carbocycles. The van der Waals surface area contributed by atoms with E-state index in [0.29, 0.717) is 48.0 Å². The van der Waals surface area contributed by atoms with E-state index in [1.165, 1.54) is 12.1 Å². The van der Waals surface area contributed by atoms with Crippen LogP contribution in [-0.2, 0) is 25.7 Å². The number of hydrogen-bond donors (Lipinski definition) is 1. The number of rotatable bonds is 3. The average Bonchev–Trinajstić information content (AvgIpc) is 2.79. The van der Waals surface area contributed by atoms with Gasteiger partial charge in [-0.15, -0.1) is 0 Å². The zero-order valence-corrected chi connectivity index (χ0v) is 19.0. The lowest BCUT2D eigenvalue weighted by Crippen LogP contribution is -2.35. The molecule has 174 valence electrons. The Balaban J connectivity index is 1.38. The highest BCUT2D eigenvalue weighted by molar-refractivity contribution is 6.30. The molecule has 0 atom stereocenters. The fraction of sp³-hybridized carbons (Fsp3) is 0.240. The molecule has 34 heavy (non-hydrogen) atoms. The van der Waals surface area contributed by atoms with Gasteiger partial charge >= 0.3 is 6.18 Å². The van der Waals surface area contributed by atoms with Crippen molar-refractivity contribution < 1.29 is 13.2 Å². The first kappa shape index (κ1) is 22.6. The lowest BCUT2D eigenvalue weighted by atomic mass is 10.0. The molecule has 9 heteroatoms. The van der Waals surface area contributed by atoms with Crippen molar-refractivity contribution in [1.82, 2.24) is 19.9 Å². The van der Waals surface area contributed by atoms with Crippen LogP contribution in [-0.4, -0.2) is 26.4 Å². The van der Waals surface area contributed by atoms with E-state index in [0.717, 1.165) is 34.2 Å². The summed E-state index contributed by atoms with van der Waals surface area (Å²) in [5.74, 6) is 0.267. The maximum Gasteiger partial charge on any atom is 0.416 e. The molecule has 4 aromatic rings. The summed E-state index contributed by atoms with van der Waals surface area (Å²) in [6.07, 6.45) is -3.87. The Labute approximate surface area is 198 Å². The van der Waals surface area contributed by atoms with E-state index in [1.807, 2.05) is 31.2 Å². The van der Waals surface area contributed by atoms with E-state index < -0.39 is 11.7 Å². The molecule has 0 unspecified atom stereocenters. The molecule has 0 radical (unpaired) electrons. The molecule has 0 fully saturated rings. The predicted molar refractivity (Wildman–Crippen MR) is 125 cm³/mol. The van der Waals surface area contributed by atoms with Gasteiger partial charge in [-0.1, -0.05) is 35.9 Å². The topological polar surface area (TPSA) is 61.9 Å². The molecule has 5 rings (SSSR count). The zero-order valence-electron chi connectivity index (χ0n) is 18.2. The van der Waals surface area contributed by atoms with Gasteiger partial charge in [-0.25, -0.2) is 9.97 Å². The molecule has 0 bridgehead atoms. The standard InChI is InChI=1S/C25H20ClF3N4O/c1-14-2-3-16-11-17(22(26)30-21(16)10-14)12-33-9-8-20-19(13-33)24(34)32-23(31-20)15-4-6-18(7-5-15)25(27,28)29/h2-7,10-11H,8-9,12-13H2,1H3,(H,31,32,34). The number of H-pyrrole nitrogens is 1. The third-order valence-corrected chi connectivity index (χ3v) is 6.35. The van der Waals surface area contributed by atoms with Crippen LogP contribution in [0.2, 0.25) is 5.15 Å². The number of aryl methyl sites for hydroxylation is 1. The summed E-state index contributed by atoms with van der Waals surface area (Å²) in [6, 6.07) is 12.7. The van der Waals surface area contributed by atoms with E-state index >= 15 is 0 Å². The molecule has 1 aliphatic heterocycles. The summed E-state index contributed by atoms with van der Waals surface area (Å²) in [5.41, 5.74) is 3.45. The van der Waals surface area contributed by atoms with Gasteiger partial charge in [-0.05, 0) is 36.8 Å². The normalized spacial score (nSPS) is 14.4. The highest BCUT2D eigenvalue weighted by Gasteiger charge is 2.30. The van der Waals surface area contributed by atoms with Crippen molar-refractivity contribution in [2.45, 2.75) is 32.6 Å². The number of aromatic nitrogens is 3. The summed E-state index contributed by atoms with van der Waals surface area (Å²) in [4.78, 5) is 26.7. The Hall–Kier alpha value is -3.23. The highest BCUT2D eigenvalue weighted by atomic mass is 35.5. The number of alkyl halides is 3. The Bertz CT molecular complexity index is 1450. The van der Waals surface area contributed by atoms with Gasteiger partial charge < -0.3 is 4.98 Å². The van der Waals surface area contributed by atoms with Gasteiger partial charge in [0.15, 0.2) is 0 Å². The van der Waals surface area contributed by atoms with Crippen LogP contribution in [0.15, 0.2) is 53.3 Å². The summed E-state index contributed by atoms with van der Waals surface area (Å²) in [7, 11) is 0. The van der Waals surface area contributed by atoms with Crippen molar-refractivity contribution in [1.29, 1.82) is 0 Å². The molecule has 0 spiro atoms. The molecule has 2 aromatic heterocycles. The first-order valence-electron chi connectivity index (χ1n) is 10.8. The Kier molecular flexibility index (Phi) is 5.65. The third kappa shape index (κ3) is 4.43. The number of benzene rings is 2. The molecule has 0 saturated heterocycles. The van der Waals surface area contributed by atoms with Crippen molar-refractivity contribution >= 4 is 22.5 Å². The molecule has 0 aliphatic carbocycles. The van der Waals surface area contributed by atoms with Gasteiger partial charge in [0.25, 0.3) is 5.56 Å². The van der Waals surface area contributed by atoms with Crippen LogP contribution in [0.4, 0.5) is 13.2 Å². The second-order valence-electron chi connectivity index (χ2n) is 8.51. The number of aromatic amines is 1. The van der Waals surface area contributed by atoms with Gasteiger partial charge in [0, 0.05) is 42.6 Å². The number of nitrogens with one attached hydrogen (secondary N) is 1. The van der Waals surface area contributed by atoms with Crippen LogP contribution in [0.1, 0.15) is 27.9 Å².